The Hall–Kier alpha value is -3.37. The second kappa shape index (κ2) is 10.3. The van der Waals surface area contributed by atoms with Crippen molar-refractivity contribution in [3.05, 3.63) is 69.7 Å². The number of hydrogen-bond donors (Lipinski definition) is 1. The van der Waals surface area contributed by atoms with E-state index in [9.17, 15) is 9.59 Å². The first-order valence-corrected chi connectivity index (χ1v) is 13.1. The zero-order valence-electron chi connectivity index (χ0n) is 19.6. The molecule has 36 heavy (non-hydrogen) atoms. The van der Waals surface area contributed by atoms with Gasteiger partial charge in [-0.25, -0.2) is 4.68 Å². The van der Waals surface area contributed by atoms with Crippen LogP contribution in [0, 0.1) is 5.92 Å². The van der Waals surface area contributed by atoms with Gasteiger partial charge in [0.2, 0.25) is 5.91 Å². The predicted octanol–water partition coefficient (Wildman–Crippen LogP) is 4.48. The highest BCUT2D eigenvalue weighted by molar-refractivity contribution is 9.10. The number of nitrogens with zero attached hydrogens (tertiary/aromatic N) is 4. The number of hydrogen-bond acceptors (Lipinski definition) is 6. The molecule has 1 fully saturated rings. The van der Waals surface area contributed by atoms with E-state index in [0.29, 0.717) is 36.0 Å². The molecule has 2 N–H and O–H groups in total. The molecule has 0 spiro atoms. The maximum absolute atomic E-state index is 12.8. The molecule has 0 saturated carbocycles. The zero-order chi connectivity index (χ0) is 25.2. The number of para-hydroxylation sites is 1. The van der Waals surface area contributed by atoms with Crippen molar-refractivity contribution in [2.24, 2.45) is 16.6 Å². The summed E-state index contributed by atoms with van der Waals surface area (Å²) in [4.78, 5) is 31.2. The van der Waals surface area contributed by atoms with Crippen LogP contribution in [-0.4, -0.2) is 51.9 Å². The number of piperidine rings is 1. The van der Waals surface area contributed by atoms with Crippen molar-refractivity contribution in [1.82, 2.24) is 14.7 Å². The molecule has 1 aromatic heterocycles. The summed E-state index contributed by atoms with van der Waals surface area (Å²) in [5, 5.41) is 5.51. The number of methoxy groups -OCH3 is 1. The van der Waals surface area contributed by atoms with Gasteiger partial charge in [0.05, 0.1) is 22.2 Å². The second-order valence-corrected chi connectivity index (χ2v) is 10.4. The van der Waals surface area contributed by atoms with E-state index in [2.05, 4.69) is 25.8 Å². The third kappa shape index (κ3) is 4.96. The van der Waals surface area contributed by atoms with Gasteiger partial charge in [-0.15, -0.1) is 0 Å². The van der Waals surface area contributed by atoms with Crippen molar-refractivity contribution >= 4 is 50.7 Å². The largest absolute Gasteiger partial charge is 0.496 e. The molecule has 3 heterocycles. The molecule has 184 valence electrons. The second-order valence-electron chi connectivity index (χ2n) is 8.54. The Balaban J connectivity index is 1.46. The third-order valence-electron chi connectivity index (χ3n) is 6.25. The number of likely N-dealkylation sites (tertiary alicyclic amines) is 1. The average molecular weight is 566 g/mol. The predicted molar refractivity (Wildman–Crippen MR) is 145 cm³/mol. The first-order chi connectivity index (χ1) is 17.4. The van der Waals surface area contributed by atoms with Crippen LogP contribution in [0.15, 0.2) is 69.1 Å². The summed E-state index contributed by atoms with van der Waals surface area (Å²) >= 11 is 4.91. The van der Waals surface area contributed by atoms with Crippen molar-refractivity contribution in [2.75, 3.05) is 20.2 Å². The van der Waals surface area contributed by atoms with Gasteiger partial charge in [-0.3, -0.25) is 9.59 Å². The fraction of sp³-hybridized carbons (Fsp3) is 0.231. The van der Waals surface area contributed by atoms with Crippen LogP contribution in [-0.2, 0) is 9.59 Å². The van der Waals surface area contributed by atoms with Crippen molar-refractivity contribution in [3.8, 4) is 22.7 Å². The number of ether oxygens (including phenoxy) is 1. The van der Waals surface area contributed by atoms with E-state index in [-0.39, 0.29) is 17.7 Å². The van der Waals surface area contributed by atoms with Crippen LogP contribution < -0.4 is 10.5 Å². The minimum absolute atomic E-state index is 0.117. The highest BCUT2D eigenvalue weighted by atomic mass is 79.9. The van der Waals surface area contributed by atoms with E-state index in [1.54, 1.807) is 11.8 Å². The zero-order valence-corrected chi connectivity index (χ0v) is 22.0. The lowest BCUT2D eigenvalue weighted by Crippen LogP contribution is -2.40. The lowest BCUT2D eigenvalue weighted by atomic mass is 9.97. The van der Waals surface area contributed by atoms with E-state index in [1.807, 2.05) is 60.8 Å². The number of carbonyl (C=O) groups is 2. The normalized spacial score (nSPS) is 17.5. The average Bonchev–Trinajstić information content (AvgIpc) is 3.48. The SMILES string of the molecule is COc1ccc(-c2nn(-c3ccccc3)cc2C=C2SC(N3CCC(C(N)=O)CC3)=NC2=O)cc1Br. The Morgan fingerprint density at radius 2 is 1.94 bits per heavy atom. The van der Waals surface area contributed by atoms with Gasteiger partial charge in [0, 0.05) is 36.3 Å². The lowest BCUT2D eigenvalue weighted by molar-refractivity contribution is -0.123. The molecular formula is C26H24BrN5O3S. The number of thioether (sulfide) groups is 1. The maximum atomic E-state index is 12.8. The van der Waals surface area contributed by atoms with Crippen molar-refractivity contribution in [3.63, 3.8) is 0 Å². The Labute approximate surface area is 221 Å². The quantitative estimate of drug-likeness (QED) is 0.457. The van der Waals surface area contributed by atoms with Crippen molar-refractivity contribution in [1.29, 1.82) is 0 Å². The molecule has 2 amide bonds. The summed E-state index contributed by atoms with van der Waals surface area (Å²) in [5.41, 5.74) is 8.79. The maximum Gasteiger partial charge on any atom is 0.286 e. The van der Waals surface area contributed by atoms with E-state index < -0.39 is 0 Å². The summed E-state index contributed by atoms with van der Waals surface area (Å²) in [7, 11) is 1.62. The van der Waals surface area contributed by atoms with Crippen LogP contribution in [0.3, 0.4) is 0 Å². The Bertz CT molecular complexity index is 1380. The monoisotopic (exact) mass is 565 g/mol. The minimum atomic E-state index is -0.277. The lowest BCUT2D eigenvalue weighted by Gasteiger charge is -2.31. The molecule has 0 aliphatic carbocycles. The molecule has 10 heteroatoms. The molecule has 0 unspecified atom stereocenters. The van der Waals surface area contributed by atoms with Gasteiger partial charge in [0.25, 0.3) is 5.91 Å². The molecule has 3 aromatic rings. The molecule has 5 rings (SSSR count). The van der Waals surface area contributed by atoms with Crippen molar-refractivity contribution in [2.45, 2.75) is 12.8 Å². The van der Waals surface area contributed by atoms with Gasteiger partial charge >= 0.3 is 0 Å². The van der Waals surface area contributed by atoms with E-state index >= 15 is 0 Å². The topological polar surface area (TPSA) is 103 Å². The number of amides is 2. The third-order valence-corrected chi connectivity index (χ3v) is 7.92. The summed E-state index contributed by atoms with van der Waals surface area (Å²) in [6.45, 7) is 1.30. The van der Waals surface area contributed by atoms with Gasteiger partial charge in [-0.05, 0) is 76.9 Å². The summed E-state index contributed by atoms with van der Waals surface area (Å²) < 4.78 is 7.99. The summed E-state index contributed by atoms with van der Waals surface area (Å²) in [6, 6.07) is 15.6. The Morgan fingerprint density at radius 3 is 2.61 bits per heavy atom. The van der Waals surface area contributed by atoms with E-state index in [4.69, 9.17) is 15.6 Å². The number of primary amides is 1. The van der Waals surface area contributed by atoms with Crippen LogP contribution in [0.5, 0.6) is 5.75 Å². The summed E-state index contributed by atoms with van der Waals surface area (Å²) in [6.07, 6.45) is 5.10. The highest BCUT2D eigenvalue weighted by Gasteiger charge is 2.31. The Kier molecular flexibility index (Phi) is 6.97. The molecule has 2 aliphatic rings. The van der Waals surface area contributed by atoms with E-state index in [1.165, 1.54) is 11.8 Å². The molecule has 0 atom stereocenters. The van der Waals surface area contributed by atoms with Gasteiger partial charge in [0.15, 0.2) is 5.17 Å². The molecular weight excluding hydrogens is 542 g/mol. The first kappa shape index (κ1) is 24.3. The smallest absolute Gasteiger partial charge is 0.286 e. The number of carbonyl (C=O) groups excluding carboxylic acids is 2. The van der Waals surface area contributed by atoms with Crippen LogP contribution in [0.1, 0.15) is 18.4 Å². The van der Waals surface area contributed by atoms with Crippen LogP contribution in [0.25, 0.3) is 23.0 Å². The van der Waals surface area contributed by atoms with Gasteiger partial charge in [-0.2, -0.15) is 10.1 Å². The van der Waals surface area contributed by atoms with Gasteiger partial charge in [-0.1, -0.05) is 18.2 Å². The number of aromatic nitrogens is 2. The molecule has 8 nitrogen and oxygen atoms in total. The number of halogens is 1. The number of aliphatic imine (C=N–C) groups is 1. The minimum Gasteiger partial charge on any atom is -0.496 e. The number of benzene rings is 2. The molecule has 2 aromatic carbocycles. The number of rotatable bonds is 5. The molecule has 0 bridgehead atoms. The van der Waals surface area contributed by atoms with Crippen molar-refractivity contribution < 1.29 is 14.3 Å². The fourth-order valence-corrected chi connectivity index (χ4v) is 5.77. The highest BCUT2D eigenvalue weighted by Crippen LogP contribution is 2.36. The van der Waals surface area contributed by atoms with Crippen LogP contribution >= 0.6 is 27.7 Å². The number of nitrogens with two attached hydrogens (primary N) is 1. The number of amidine groups is 1. The molecule has 2 aliphatic heterocycles. The molecule has 1 saturated heterocycles. The summed E-state index contributed by atoms with van der Waals surface area (Å²) in [5.74, 6) is 0.0665. The van der Waals surface area contributed by atoms with Gasteiger partial charge < -0.3 is 15.4 Å². The first-order valence-electron chi connectivity index (χ1n) is 11.5. The van der Waals surface area contributed by atoms with E-state index in [0.717, 1.165) is 32.7 Å². The van der Waals surface area contributed by atoms with Crippen LogP contribution in [0.4, 0.5) is 0 Å². The van der Waals surface area contributed by atoms with Crippen LogP contribution in [0.2, 0.25) is 0 Å². The standard InChI is InChI=1S/C26H24BrN5O3S/c1-35-21-8-7-17(13-20(21)27)23-18(15-32(30-23)19-5-3-2-4-6-19)14-22-25(34)29-26(36-22)31-11-9-16(10-12-31)24(28)33/h2-8,13-16H,9-12H2,1H3,(H2,28,33). The Morgan fingerprint density at radius 1 is 1.19 bits per heavy atom. The molecule has 0 radical (unpaired) electrons. The fourth-order valence-electron chi connectivity index (χ4n) is 4.27. The van der Waals surface area contributed by atoms with Gasteiger partial charge in [0.1, 0.15) is 11.4 Å².